The van der Waals surface area contributed by atoms with Crippen LogP contribution in [0.1, 0.15) is 6.42 Å². The van der Waals surface area contributed by atoms with Crippen molar-refractivity contribution in [1.29, 1.82) is 0 Å². The monoisotopic (exact) mass is 469 g/mol. The normalized spacial score (nSPS) is 16.2. The lowest BCUT2D eigenvalue weighted by atomic mass is 10.1. The summed E-state index contributed by atoms with van der Waals surface area (Å²) < 4.78 is 40.8. The van der Waals surface area contributed by atoms with Gasteiger partial charge < -0.3 is 14.5 Å². The van der Waals surface area contributed by atoms with Crippen molar-refractivity contribution in [3.63, 3.8) is 0 Å². The highest BCUT2D eigenvalue weighted by Crippen LogP contribution is 2.33. The first-order chi connectivity index (χ1) is 16.0. The van der Waals surface area contributed by atoms with E-state index in [0.29, 0.717) is 49.4 Å². The first kappa shape index (κ1) is 21.4. The Balaban J connectivity index is 1.42. The van der Waals surface area contributed by atoms with E-state index in [1.165, 1.54) is 4.31 Å². The van der Waals surface area contributed by atoms with Gasteiger partial charge in [0.1, 0.15) is 23.4 Å². The molecule has 12 heteroatoms. The second-order valence-electron chi connectivity index (χ2n) is 7.44. The van der Waals surface area contributed by atoms with Crippen molar-refractivity contribution in [1.82, 2.24) is 28.4 Å². The number of nitrogens with zero attached hydrogens (tertiary/aromatic N) is 5. The van der Waals surface area contributed by atoms with E-state index in [1.54, 1.807) is 31.8 Å². The molecule has 0 amide bonds. The van der Waals surface area contributed by atoms with Crippen molar-refractivity contribution in [3.8, 4) is 28.4 Å². The number of methoxy groups -OCH3 is 1. The minimum Gasteiger partial charge on any atom is -0.497 e. The van der Waals surface area contributed by atoms with Gasteiger partial charge in [0.25, 0.3) is 10.2 Å². The summed E-state index contributed by atoms with van der Waals surface area (Å²) in [5, 5.41) is 3.12. The Bertz CT molecular complexity index is 1380. The summed E-state index contributed by atoms with van der Waals surface area (Å²) in [6, 6.07) is 9.41. The average molecular weight is 470 g/mol. The van der Waals surface area contributed by atoms with Gasteiger partial charge in [-0.15, -0.1) is 0 Å². The molecule has 1 saturated heterocycles. The van der Waals surface area contributed by atoms with Crippen LogP contribution in [-0.4, -0.2) is 65.4 Å². The minimum atomic E-state index is -3.41. The van der Waals surface area contributed by atoms with E-state index in [0.717, 1.165) is 23.4 Å². The SMILES string of the molecule is COc1cccc(-c2nc3occn3c2-c2ccnc(NCCN3CCCNS3(=O)=O)n2)c1. The number of rotatable bonds is 7. The number of hydrogen-bond acceptors (Lipinski definition) is 8. The number of benzene rings is 1. The molecular formula is C21H23N7O4S. The van der Waals surface area contributed by atoms with Crippen LogP contribution in [0.25, 0.3) is 28.5 Å². The first-order valence-electron chi connectivity index (χ1n) is 10.5. The molecule has 0 unspecified atom stereocenters. The lowest BCUT2D eigenvalue weighted by molar-refractivity contribution is 0.383. The second kappa shape index (κ2) is 8.81. The molecule has 3 aromatic heterocycles. The summed E-state index contributed by atoms with van der Waals surface area (Å²) >= 11 is 0. The van der Waals surface area contributed by atoms with Crippen LogP contribution in [0.4, 0.5) is 5.95 Å². The van der Waals surface area contributed by atoms with Crippen LogP contribution >= 0.6 is 0 Å². The van der Waals surface area contributed by atoms with E-state index in [4.69, 9.17) is 9.15 Å². The maximum absolute atomic E-state index is 12.1. The molecule has 0 spiro atoms. The fourth-order valence-corrected chi connectivity index (χ4v) is 5.06. The molecule has 172 valence electrons. The quantitative estimate of drug-likeness (QED) is 0.421. The number of ether oxygens (including phenoxy) is 1. The van der Waals surface area contributed by atoms with Gasteiger partial charge in [0.15, 0.2) is 0 Å². The zero-order valence-corrected chi connectivity index (χ0v) is 18.7. The van der Waals surface area contributed by atoms with Crippen LogP contribution < -0.4 is 14.8 Å². The predicted octanol–water partition coefficient (Wildman–Crippen LogP) is 2.01. The number of oxazole rings is 1. The van der Waals surface area contributed by atoms with E-state index >= 15 is 0 Å². The zero-order valence-electron chi connectivity index (χ0n) is 17.9. The van der Waals surface area contributed by atoms with Crippen molar-refractivity contribution in [2.75, 3.05) is 38.6 Å². The molecule has 5 rings (SSSR count). The fraction of sp³-hybridized carbons (Fsp3) is 0.286. The molecule has 1 fully saturated rings. The highest BCUT2D eigenvalue weighted by molar-refractivity contribution is 7.87. The Labute approximate surface area is 190 Å². The summed E-state index contributed by atoms with van der Waals surface area (Å²) in [5.74, 6) is 1.55. The standard InChI is InChI=1S/C21H23N7O4S/c1-31-16-5-2-4-15(14-16)18-19(28-12-13-32-21(28)26-18)17-6-8-22-20(25-17)23-9-11-27-10-3-7-24-33(27,29)30/h2,4-6,8,12-14,24H,3,7,9-11H2,1H3,(H,22,23,25). The summed E-state index contributed by atoms with van der Waals surface area (Å²) in [5.41, 5.74) is 2.95. The molecule has 1 aliphatic heterocycles. The van der Waals surface area contributed by atoms with E-state index in [1.807, 2.05) is 28.7 Å². The van der Waals surface area contributed by atoms with Crippen LogP contribution in [0, 0.1) is 0 Å². The summed E-state index contributed by atoms with van der Waals surface area (Å²) in [4.78, 5) is 13.6. The third-order valence-electron chi connectivity index (χ3n) is 5.36. The van der Waals surface area contributed by atoms with Gasteiger partial charge in [-0.1, -0.05) is 12.1 Å². The lowest BCUT2D eigenvalue weighted by Crippen LogP contribution is -2.48. The number of fused-ring (bicyclic) bond motifs is 1. The fourth-order valence-electron chi connectivity index (χ4n) is 3.77. The number of imidazole rings is 1. The Morgan fingerprint density at radius 2 is 2.18 bits per heavy atom. The van der Waals surface area contributed by atoms with Crippen molar-refractivity contribution in [2.24, 2.45) is 0 Å². The number of hydrogen-bond donors (Lipinski definition) is 2. The van der Waals surface area contributed by atoms with Gasteiger partial charge >= 0.3 is 5.84 Å². The average Bonchev–Trinajstić information content (AvgIpc) is 3.42. The van der Waals surface area contributed by atoms with Gasteiger partial charge in [-0.3, -0.25) is 4.40 Å². The molecule has 11 nitrogen and oxygen atoms in total. The smallest absolute Gasteiger partial charge is 0.306 e. The Kier molecular flexibility index (Phi) is 5.70. The maximum Gasteiger partial charge on any atom is 0.306 e. The van der Waals surface area contributed by atoms with Crippen molar-refractivity contribution < 1.29 is 17.6 Å². The van der Waals surface area contributed by atoms with Gasteiger partial charge in [0.05, 0.1) is 12.8 Å². The van der Waals surface area contributed by atoms with E-state index < -0.39 is 10.2 Å². The van der Waals surface area contributed by atoms with Crippen LogP contribution in [0.5, 0.6) is 5.75 Å². The van der Waals surface area contributed by atoms with Gasteiger partial charge in [0.2, 0.25) is 5.95 Å². The van der Waals surface area contributed by atoms with E-state index in [9.17, 15) is 8.42 Å². The molecule has 1 aromatic carbocycles. The minimum absolute atomic E-state index is 0.316. The van der Waals surface area contributed by atoms with Crippen LogP contribution in [0.15, 0.2) is 53.4 Å². The van der Waals surface area contributed by atoms with Gasteiger partial charge in [0, 0.05) is 44.1 Å². The second-order valence-corrected chi connectivity index (χ2v) is 9.20. The number of nitrogens with one attached hydrogen (secondary N) is 2. The Hall–Kier alpha value is -3.48. The van der Waals surface area contributed by atoms with Gasteiger partial charge in [-0.05, 0) is 24.6 Å². The van der Waals surface area contributed by atoms with Crippen molar-refractivity contribution in [3.05, 3.63) is 49.0 Å². The third-order valence-corrected chi connectivity index (χ3v) is 6.97. The van der Waals surface area contributed by atoms with Gasteiger partial charge in [-0.25, -0.2) is 14.7 Å². The zero-order chi connectivity index (χ0) is 22.8. The van der Waals surface area contributed by atoms with E-state index in [-0.39, 0.29) is 0 Å². The van der Waals surface area contributed by atoms with Crippen LogP contribution in [0.2, 0.25) is 0 Å². The molecular weight excluding hydrogens is 446 g/mol. The molecule has 0 bridgehead atoms. The number of anilines is 1. The summed E-state index contributed by atoms with van der Waals surface area (Å²) in [6.45, 7) is 1.66. The lowest BCUT2D eigenvalue weighted by Gasteiger charge is -2.26. The first-order valence-corrected chi connectivity index (χ1v) is 11.9. The van der Waals surface area contributed by atoms with Crippen molar-refractivity contribution >= 4 is 22.0 Å². The van der Waals surface area contributed by atoms with Crippen molar-refractivity contribution in [2.45, 2.75) is 6.42 Å². The highest BCUT2D eigenvalue weighted by Gasteiger charge is 2.24. The van der Waals surface area contributed by atoms with Gasteiger partial charge in [-0.2, -0.15) is 17.7 Å². The summed E-state index contributed by atoms with van der Waals surface area (Å²) in [6.07, 6.45) is 5.78. The molecule has 0 radical (unpaired) electrons. The molecule has 4 aromatic rings. The third kappa shape index (κ3) is 4.27. The predicted molar refractivity (Wildman–Crippen MR) is 122 cm³/mol. The summed E-state index contributed by atoms with van der Waals surface area (Å²) in [7, 11) is -1.79. The number of aromatic nitrogens is 4. The molecule has 2 N–H and O–H groups in total. The molecule has 0 saturated carbocycles. The Morgan fingerprint density at radius 1 is 1.27 bits per heavy atom. The molecule has 4 heterocycles. The highest BCUT2D eigenvalue weighted by atomic mass is 32.2. The van der Waals surface area contributed by atoms with Crippen LogP contribution in [0.3, 0.4) is 0 Å². The van der Waals surface area contributed by atoms with Crippen LogP contribution in [-0.2, 0) is 10.2 Å². The maximum atomic E-state index is 12.1. The molecule has 0 aliphatic carbocycles. The molecule has 0 atom stereocenters. The van der Waals surface area contributed by atoms with E-state index in [2.05, 4.69) is 25.0 Å². The largest absolute Gasteiger partial charge is 0.497 e. The molecule has 1 aliphatic rings. The topological polar surface area (TPSA) is 127 Å². The Morgan fingerprint density at radius 3 is 3.03 bits per heavy atom. The molecule has 33 heavy (non-hydrogen) atoms.